The van der Waals surface area contributed by atoms with Gasteiger partial charge in [-0.15, -0.1) is 0 Å². The highest BCUT2D eigenvalue weighted by atomic mass is 127. The van der Waals surface area contributed by atoms with Crippen molar-refractivity contribution in [3.05, 3.63) is 27.9 Å². The number of nitrogens with one attached hydrogen (secondary N) is 1. The SMILES string of the molecule is CCNc1nc(-c2ccoc2)nc(C(C)C)c1I. The van der Waals surface area contributed by atoms with Gasteiger partial charge in [0.1, 0.15) is 12.1 Å². The molecule has 2 rings (SSSR count). The molecule has 0 saturated carbocycles. The minimum absolute atomic E-state index is 0.364. The second kappa shape index (κ2) is 5.69. The second-order valence-electron chi connectivity index (χ2n) is 4.29. The van der Waals surface area contributed by atoms with Gasteiger partial charge in [0.05, 0.1) is 21.1 Å². The van der Waals surface area contributed by atoms with Gasteiger partial charge in [0.15, 0.2) is 5.82 Å². The van der Waals surface area contributed by atoms with Gasteiger partial charge in [-0.05, 0) is 41.5 Å². The van der Waals surface area contributed by atoms with E-state index in [1.807, 2.05) is 6.07 Å². The lowest BCUT2D eigenvalue weighted by molar-refractivity contribution is 0.568. The minimum Gasteiger partial charge on any atom is -0.472 e. The second-order valence-corrected chi connectivity index (χ2v) is 5.37. The van der Waals surface area contributed by atoms with Crippen molar-refractivity contribution in [1.82, 2.24) is 9.97 Å². The Bertz CT molecular complexity index is 523. The van der Waals surface area contributed by atoms with Crippen molar-refractivity contribution in [3.63, 3.8) is 0 Å². The largest absolute Gasteiger partial charge is 0.472 e. The van der Waals surface area contributed by atoms with Gasteiger partial charge in [-0.3, -0.25) is 0 Å². The number of halogens is 1. The predicted molar refractivity (Wildman–Crippen MR) is 80.7 cm³/mol. The number of hydrogen-bond donors (Lipinski definition) is 1. The summed E-state index contributed by atoms with van der Waals surface area (Å²) in [5, 5.41) is 3.28. The molecule has 0 atom stereocenters. The van der Waals surface area contributed by atoms with Gasteiger partial charge in [-0.2, -0.15) is 0 Å². The summed E-state index contributed by atoms with van der Waals surface area (Å²) in [5.74, 6) is 1.97. The molecule has 0 radical (unpaired) electrons. The summed E-state index contributed by atoms with van der Waals surface area (Å²) in [6.07, 6.45) is 3.31. The van der Waals surface area contributed by atoms with Crippen molar-refractivity contribution >= 4 is 28.4 Å². The predicted octanol–water partition coefficient (Wildman–Crippen LogP) is 3.90. The molecule has 5 heteroatoms. The van der Waals surface area contributed by atoms with Gasteiger partial charge < -0.3 is 9.73 Å². The molecular weight excluding hydrogens is 341 g/mol. The maximum absolute atomic E-state index is 5.10. The Morgan fingerprint density at radius 1 is 1.39 bits per heavy atom. The lowest BCUT2D eigenvalue weighted by Crippen LogP contribution is -2.08. The fourth-order valence-corrected chi connectivity index (χ4v) is 2.71. The quantitative estimate of drug-likeness (QED) is 0.844. The Morgan fingerprint density at radius 2 is 2.17 bits per heavy atom. The number of furan rings is 1. The topological polar surface area (TPSA) is 51.0 Å². The van der Waals surface area contributed by atoms with Gasteiger partial charge in [0.25, 0.3) is 0 Å². The van der Waals surface area contributed by atoms with Crippen molar-refractivity contribution in [1.29, 1.82) is 0 Å². The Hall–Kier alpha value is -1.11. The smallest absolute Gasteiger partial charge is 0.165 e. The summed E-state index contributed by atoms with van der Waals surface area (Å²) in [5.41, 5.74) is 1.98. The van der Waals surface area contributed by atoms with Gasteiger partial charge >= 0.3 is 0 Å². The molecule has 0 unspecified atom stereocenters. The third kappa shape index (κ3) is 2.66. The zero-order chi connectivity index (χ0) is 13.1. The molecule has 4 nitrogen and oxygen atoms in total. The average molecular weight is 357 g/mol. The minimum atomic E-state index is 0.364. The van der Waals surface area contributed by atoms with Crippen LogP contribution in [0.5, 0.6) is 0 Å². The van der Waals surface area contributed by atoms with Crippen LogP contribution in [0.2, 0.25) is 0 Å². The summed E-state index contributed by atoms with van der Waals surface area (Å²) < 4.78 is 6.19. The van der Waals surface area contributed by atoms with Crippen LogP contribution in [0.1, 0.15) is 32.4 Å². The van der Waals surface area contributed by atoms with Gasteiger partial charge in [-0.25, -0.2) is 9.97 Å². The van der Waals surface area contributed by atoms with Crippen molar-refractivity contribution in [2.75, 3.05) is 11.9 Å². The van der Waals surface area contributed by atoms with E-state index in [1.54, 1.807) is 12.5 Å². The normalized spacial score (nSPS) is 10.9. The zero-order valence-electron chi connectivity index (χ0n) is 10.7. The monoisotopic (exact) mass is 357 g/mol. The van der Waals surface area contributed by atoms with Crippen LogP contribution in [0, 0.1) is 3.57 Å². The highest BCUT2D eigenvalue weighted by Crippen LogP contribution is 2.28. The molecule has 2 aromatic rings. The third-order valence-corrected chi connectivity index (χ3v) is 3.61. The molecule has 0 aliphatic rings. The number of nitrogens with zero attached hydrogens (tertiary/aromatic N) is 2. The van der Waals surface area contributed by atoms with Gasteiger partial charge in [0.2, 0.25) is 0 Å². The van der Waals surface area contributed by atoms with Crippen LogP contribution in [0.25, 0.3) is 11.4 Å². The third-order valence-electron chi connectivity index (χ3n) is 2.55. The molecule has 96 valence electrons. The highest BCUT2D eigenvalue weighted by Gasteiger charge is 2.15. The number of rotatable bonds is 4. The summed E-state index contributed by atoms with van der Waals surface area (Å²) >= 11 is 2.30. The molecule has 0 fully saturated rings. The van der Waals surface area contributed by atoms with E-state index >= 15 is 0 Å². The van der Waals surface area contributed by atoms with Crippen LogP contribution in [0.4, 0.5) is 5.82 Å². The molecule has 0 aliphatic heterocycles. The summed E-state index contributed by atoms with van der Waals surface area (Å²) in [6.45, 7) is 7.18. The first kappa shape index (κ1) is 13.3. The molecule has 2 aromatic heterocycles. The Kier molecular flexibility index (Phi) is 4.21. The molecule has 2 heterocycles. The number of anilines is 1. The first-order valence-corrected chi connectivity index (χ1v) is 7.05. The van der Waals surface area contributed by atoms with Crippen LogP contribution < -0.4 is 5.32 Å². The van der Waals surface area contributed by atoms with E-state index in [0.717, 1.165) is 27.2 Å². The van der Waals surface area contributed by atoms with E-state index in [-0.39, 0.29) is 0 Å². The fourth-order valence-electron chi connectivity index (χ4n) is 1.65. The van der Waals surface area contributed by atoms with Crippen LogP contribution in [-0.2, 0) is 0 Å². The van der Waals surface area contributed by atoms with Crippen LogP contribution >= 0.6 is 22.6 Å². The molecule has 0 aliphatic carbocycles. The van der Waals surface area contributed by atoms with Crippen molar-refractivity contribution in [3.8, 4) is 11.4 Å². The van der Waals surface area contributed by atoms with Crippen molar-refractivity contribution < 1.29 is 4.42 Å². The lowest BCUT2D eigenvalue weighted by Gasteiger charge is -2.13. The highest BCUT2D eigenvalue weighted by molar-refractivity contribution is 14.1. The van der Waals surface area contributed by atoms with Crippen LogP contribution in [0.15, 0.2) is 23.0 Å². The van der Waals surface area contributed by atoms with E-state index < -0.39 is 0 Å². The van der Waals surface area contributed by atoms with Crippen LogP contribution in [-0.4, -0.2) is 16.5 Å². The van der Waals surface area contributed by atoms with E-state index in [1.165, 1.54) is 0 Å². The molecule has 0 amide bonds. The molecule has 18 heavy (non-hydrogen) atoms. The van der Waals surface area contributed by atoms with E-state index in [4.69, 9.17) is 4.42 Å². The van der Waals surface area contributed by atoms with Gasteiger partial charge in [-0.1, -0.05) is 13.8 Å². The number of aromatic nitrogens is 2. The fraction of sp³-hybridized carbons (Fsp3) is 0.385. The van der Waals surface area contributed by atoms with Crippen molar-refractivity contribution in [2.45, 2.75) is 26.7 Å². The first-order chi connectivity index (χ1) is 8.63. The van der Waals surface area contributed by atoms with E-state index in [2.05, 4.69) is 58.6 Å². The maximum Gasteiger partial charge on any atom is 0.165 e. The van der Waals surface area contributed by atoms with Gasteiger partial charge in [0, 0.05) is 6.54 Å². The number of hydrogen-bond acceptors (Lipinski definition) is 4. The summed E-state index contributed by atoms with van der Waals surface area (Å²) in [4.78, 5) is 9.20. The zero-order valence-corrected chi connectivity index (χ0v) is 12.9. The Labute approximate surface area is 120 Å². The first-order valence-electron chi connectivity index (χ1n) is 5.97. The lowest BCUT2D eigenvalue weighted by atomic mass is 10.1. The molecule has 1 N–H and O–H groups in total. The molecule has 0 aromatic carbocycles. The summed E-state index contributed by atoms with van der Waals surface area (Å²) in [6, 6.07) is 1.88. The summed E-state index contributed by atoms with van der Waals surface area (Å²) in [7, 11) is 0. The molecular formula is C13H16IN3O. The standard InChI is InChI=1S/C13H16IN3O/c1-4-15-13-10(14)11(8(2)3)16-12(17-13)9-5-6-18-7-9/h5-8H,4H2,1-3H3,(H,15,16,17). The van der Waals surface area contributed by atoms with Crippen LogP contribution in [0.3, 0.4) is 0 Å². The Morgan fingerprint density at radius 3 is 2.72 bits per heavy atom. The maximum atomic E-state index is 5.10. The molecule has 0 spiro atoms. The van der Waals surface area contributed by atoms with E-state index in [0.29, 0.717) is 11.7 Å². The Balaban J connectivity index is 2.55. The molecule has 0 saturated heterocycles. The van der Waals surface area contributed by atoms with Crippen molar-refractivity contribution in [2.24, 2.45) is 0 Å². The van der Waals surface area contributed by atoms with E-state index in [9.17, 15) is 0 Å². The molecule has 0 bridgehead atoms. The average Bonchev–Trinajstić information content (AvgIpc) is 2.85.